The number of fused-ring (bicyclic) bond motifs is 5. The van der Waals surface area contributed by atoms with E-state index in [-0.39, 0.29) is 5.91 Å². The molecule has 1 aromatic carbocycles. The standard InChI is InChI=1S/C15H16BrNO/c16-10-3-1-2-4-11(10)17-15(18)14-12-8-5-6-9(7-8)13(12)14/h1-4,8-9,12-14H,5-7H2,(H,17,18)/t8-,9-,12-,13-/m1/s1. The summed E-state index contributed by atoms with van der Waals surface area (Å²) in [4.78, 5) is 12.3. The average Bonchev–Trinajstić information content (AvgIpc) is 2.82. The number of halogens is 1. The van der Waals surface area contributed by atoms with Crippen molar-refractivity contribution in [3.05, 3.63) is 28.7 Å². The number of carbonyl (C=O) groups excluding carboxylic acids is 1. The minimum absolute atomic E-state index is 0.244. The zero-order valence-corrected chi connectivity index (χ0v) is 11.7. The maximum Gasteiger partial charge on any atom is 0.228 e. The highest BCUT2D eigenvalue weighted by Gasteiger charge is 2.67. The van der Waals surface area contributed by atoms with Crippen LogP contribution in [0.4, 0.5) is 5.69 Å². The van der Waals surface area contributed by atoms with Crippen LogP contribution in [-0.4, -0.2) is 5.91 Å². The van der Waals surface area contributed by atoms with Crippen molar-refractivity contribution in [3.63, 3.8) is 0 Å². The Morgan fingerprint density at radius 3 is 2.50 bits per heavy atom. The van der Waals surface area contributed by atoms with E-state index in [0.29, 0.717) is 17.8 Å². The van der Waals surface area contributed by atoms with Crippen LogP contribution in [0.5, 0.6) is 0 Å². The second kappa shape index (κ2) is 3.83. The molecule has 3 saturated carbocycles. The highest BCUT2D eigenvalue weighted by Crippen LogP contribution is 2.69. The highest BCUT2D eigenvalue weighted by atomic mass is 79.9. The van der Waals surface area contributed by atoms with Crippen molar-refractivity contribution in [1.82, 2.24) is 0 Å². The van der Waals surface area contributed by atoms with Gasteiger partial charge in [-0.15, -0.1) is 0 Å². The third-order valence-electron chi connectivity index (χ3n) is 5.17. The zero-order chi connectivity index (χ0) is 12.3. The summed E-state index contributed by atoms with van der Waals surface area (Å²) in [7, 11) is 0. The van der Waals surface area contributed by atoms with Crippen LogP contribution < -0.4 is 5.32 Å². The second-order valence-electron chi connectivity index (χ2n) is 5.98. The van der Waals surface area contributed by atoms with Gasteiger partial charge in [-0.2, -0.15) is 0 Å². The van der Waals surface area contributed by atoms with Crippen LogP contribution in [0.2, 0.25) is 0 Å². The van der Waals surface area contributed by atoms with Gasteiger partial charge in [-0.05, 0) is 71.0 Å². The van der Waals surface area contributed by atoms with Crippen LogP contribution in [0.15, 0.2) is 28.7 Å². The first-order valence-corrected chi connectivity index (χ1v) is 7.60. The van der Waals surface area contributed by atoms with Crippen molar-refractivity contribution < 1.29 is 4.79 Å². The first-order chi connectivity index (χ1) is 8.75. The third kappa shape index (κ3) is 1.49. The van der Waals surface area contributed by atoms with E-state index in [9.17, 15) is 4.79 Å². The summed E-state index contributed by atoms with van der Waals surface area (Å²) < 4.78 is 0.965. The molecule has 0 aliphatic heterocycles. The van der Waals surface area contributed by atoms with Crippen LogP contribution in [0.25, 0.3) is 0 Å². The molecule has 4 atom stereocenters. The minimum atomic E-state index is 0.244. The van der Waals surface area contributed by atoms with E-state index in [1.165, 1.54) is 19.3 Å². The molecule has 3 fully saturated rings. The van der Waals surface area contributed by atoms with Crippen LogP contribution in [-0.2, 0) is 4.79 Å². The van der Waals surface area contributed by atoms with Crippen molar-refractivity contribution in [2.75, 3.05) is 5.32 Å². The first kappa shape index (κ1) is 11.0. The Bertz CT molecular complexity index is 499. The topological polar surface area (TPSA) is 29.1 Å². The summed E-state index contributed by atoms with van der Waals surface area (Å²) >= 11 is 3.48. The van der Waals surface area contributed by atoms with E-state index in [2.05, 4.69) is 21.2 Å². The lowest BCUT2D eigenvalue weighted by Crippen LogP contribution is -2.18. The number of benzene rings is 1. The third-order valence-corrected chi connectivity index (χ3v) is 5.86. The molecule has 0 radical (unpaired) electrons. The van der Waals surface area contributed by atoms with Gasteiger partial charge in [0.2, 0.25) is 5.91 Å². The lowest BCUT2D eigenvalue weighted by Gasteiger charge is -2.10. The molecule has 2 nitrogen and oxygen atoms in total. The molecule has 3 aliphatic rings. The lowest BCUT2D eigenvalue weighted by molar-refractivity contribution is -0.118. The van der Waals surface area contributed by atoms with E-state index in [1.54, 1.807) is 0 Å². The fraction of sp³-hybridized carbons (Fsp3) is 0.533. The maximum atomic E-state index is 12.3. The number of hydrogen-bond acceptors (Lipinski definition) is 1. The van der Waals surface area contributed by atoms with Gasteiger partial charge in [-0.1, -0.05) is 12.1 Å². The summed E-state index contributed by atoms with van der Waals surface area (Å²) in [5.41, 5.74) is 0.903. The molecular formula is C15H16BrNO. The summed E-state index contributed by atoms with van der Waals surface area (Å²) in [5, 5.41) is 3.08. The predicted octanol–water partition coefficient (Wildman–Crippen LogP) is 3.68. The van der Waals surface area contributed by atoms with Crippen LogP contribution in [0.3, 0.4) is 0 Å². The van der Waals surface area contributed by atoms with E-state index in [4.69, 9.17) is 0 Å². The Kier molecular flexibility index (Phi) is 2.35. The van der Waals surface area contributed by atoms with Gasteiger partial charge in [0.05, 0.1) is 5.69 Å². The molecule has 94 valence electrons. The normalized spacial score (nSPS) is 39.5. The average molecular weight is 306 g/mol. The van der Waals surface area contributed by atoms with Crippen molar-refractivity contribution in [1.29, 1.82) is 0 Å². The number of nitrogens with one attached hydrogen (secondary N) is 1. The van der Waals surface area contributed by atoms with E-state index in [1.807, 2.05) is 24.3 Å². The molecule has 3 aliphatic carbocycles. The van der Waals surface area contributed by atoms with E-state index < -0.39 is 0 Å². The quantitative estimate of drug-likeness (QED) is 0.887. The molecule has 0 aromatic heterocycles. The van der Waals surface area contributed by atoms with Crippen LogP contribution >= 0.6 is 15.9 Å². The molecule has 2 bridgehead atoms. The summed E-state index contributed by atoms with van der Waals surface area (Å²) in [5.74, 6) is 3.69. The summed E-state index contributed by atoms with van der Waals surface area (Å²) in [6.07, 6.45) is 4.13. The highest BCUT2D eigenvalue weighted by molar-refractivity contribution is 9.10. The van der Waals surface area contributed by atoms with Gasteiger partial charge >= 0.3 is 0 Å². The lowest BCUT2D eigenvalue weighted by atomic mass is 10.0. The predicted molar refractivity (Wildman–Crippen MR) is 74.1 cm³/mol. The zero-order valence-electron chi connectivity index (χ0n) is 10.1. The fourth-order valence-electron chi connectivity index (χ4n) is 4.45. The molecule has 18 heavy (non-hydrogen) atoms. The monoisotopic (exact) mass is 305 g/mol. The number of para-hydroxylation sites is 1. The number of rotatable bonds is 2. The SMILES string of the molecule is O=C(Nc1ccccc1Br)C1[C@@H]2[C@@H]3CC[C@H](C3)[C@@H]12. The molecular weight excluding hydrogens is 290 g/mol. The Balaban J connectivity index is 1.48. The van der Waals surface area contributed by atoms with Crippen molar-refractivity contribution in [2.24, 2.45) is 29.6 Å². The van der Waals surface area contributed by atoms with Gasteiger partial charge in [-0.25, -0.2) is 0 Å². The summed E-state index contributed by atoms with van der Waals surface area (Å²) in [6.45, 7) is 0. The minimum Gasteiger partial charge on any atom is -0.325 e. The van der Waals surface area contributed by atoms with Gasteiger partial charge in [0, 0.05) is 10.4 Å². The Hall–Kier alpha value is -0.830. The van der Waals surface area contributed by atoms with Crippen molar-refractivity contribution >= 4 is 27.5 Å². The van der Waals surface area contributed by atoms with Crippen LogP contribution in [0, 0.1) is 29.6 Å². The van der Waals surface area contributed by atoms with E-state index >= 15 is 0 Å². The smallest absolute Gasteiger partial charge is 0.228 e. The van der Waals surface area contributed by atoms with Gasteiger partial charge in [0.15, 0.2) is 0 Å². The molecule has 3 heteroatoms. The molecule has 4 rings (SSSR count). The molecule has 0 saturated heterocycles. The van der Waals surface area contributed by atoms with Crippen LogP contribution in [0.1, 0.15) is 19.3 Å². The van der Waals surface area contributed by atoms with Gasteiger partial charge in [0.25, 0.3) is 0 Å². The van der Waals surface area contributed by atoms with E-state index in [0.717, 1.165) is 22.0 Å². The Morgan fingerprint density at radius 2 is 1.83 bits per heavy atom. The Labute approximate surface area is 115 Å². The second-order valence-corrected chi connectivity index (χ2v) is 6.84. The van der Waals surface area contributed by atoms with Crippen molar-refractivity contribution in [2.45, 2.75) is 19.3 Å². The molecule has 0 unspecified atom stereocenters. The largest absolute Gasteiger partial charge is 0.325 e. The number of amides is 1. The first-order valence-electron chi connectivity index (χ1n) is 6.81. The fourth-order valence-corrected chi connectivity index (χ4v) is 4.84. The number of anilines is 1. The molecule has 1 aromatic rings. The Morgan fingerprint density at radius 1 is 1.17 bits per heavy atom. The number of hydrogen-bond donors (Lipinski definition) is 1. The molecule has 0 heterocycles. The van der Waals surface area contributed by atoms with Gasteiger partial charge < -0.3 is 5.32 Å². The molecule has 1 amide bonds. The summed E-state index contributed by atoms with van der Waals surface area (Å²) in [6, 6.07) is 7.84. The van der Waals surface area contributed by atoms with Gasteiger partial charge in [-0.3, -0.25) is 4.79 Å². The van der Waals surface area contributed by atoms with Crippen molar-refractivity contribution in [3.8, 4) is 0 Å². The molecule has 1 N–H and O–H groups in total. The molecule has 0 spiro atoms. The maximum absolute atomic E-state index is 12.3. The van der Waals surface area contributed by atoms with Gasteiger partial charge in [0.1, 0.15) is 0 Å². The number of carbonyl (C=O) groups is 1.